The minimum Gasteiger partial charge on any atom is -0.452 e. The molecule has 2 aromatic heterocycles. The smallest absolute Gasteiger partial charge is 0.420 e. The first-order chi connectivity index (χ1) is 14.9. The van der Waals surface area contributed by atoms with E-state index in [1.807, 2.05) is 48.3 Å². The van der Waals surface area contributed by atoms with E-state index < -0.39 is 16.1 Å². The number of carbonyl (C=O) groups excluding carboxylic acids is 1. The normalized spacial score (nSPS) is 13.9. The van der Waals surface area contributed by atoms with Crippen molar-refractivity contribution in [3.63, 3.8) is 0 Å². The minimum absolute atomic E-state index is 0.0136. The lowest BCUT2D eigenvalue weighted by atomic mass is 10.1. The van der Waals surface area contributed by atoms with Crippen LogP contribution in [0.2, 0.25) is 0 Å². The Labute approximate surface area is 185 Å². The third-order valence-electron chi connectivity index (χ3n) is 5.02. The number of amides is 1. The molecule has 0 unspecified atom stereocenters. The first kappa shape index (κ1) is 21.5. The van der Waals surface area contributed by atoms with Crippen LogP contribution in [0, 0.1) is 0 Å². The monoisotopic (exact) mass is 460 g/mol. The molecule has 0 bridgehead atoms. The molecule has 10 heteroatoms. The summed E-state index contributed by atoms with van der Waals surface area (Å²) in [5.41, 5.74) is 2.11. The highest BCUT2D eigenvalue weighted by Crippen LogP contribution is 2.39. The van der Waals surface area contributed by atoms with Crippen LogP contribution in [0.3, 0.4) is 0 Å². The number of hydrogen-bond donors (Lipinski definition) is 1. The minimum atomic E-state index is -4.09. The molecule has 0 aliphatic heterocycles. The fraction of sp³-hybridized carbons (Fsp3) is 0.381. The number of sulfonamides is 1. The molecule has 0 saturated heterocycles. The zero-order valence-corrected chi connectivity index (χ0v) is 19.0. The van der Waals surface area contributed by atoms with Gasteiger partial charge < -0.3 is 9.30 Å². The van der Waals surface area contributed by atoms with Gasteiger partial charge in [0.2, 0.25) is 0 Å². The third-order valence-corrected chi connectivity index (χ3v) is 7.96. The van der Waals surface area contributed by atoms with Crippen molar-refractivity contribution in [2.24, 2.45) is 0 Å². The number of imidazole rings is 1. The van der Waals surface area contributed by atoms with Crippen molar-refractivity contribution in [1.82, 2.24) is 19.3 Å². The van der Waals surface area contributed by atoms with Gasteiger partial charge in [0.25, 0.3) is 10.0 Å². The van der Waals surface area contributed by atoms with E-state index in [9.17, 15) is 13.2 Å². The molecule has 2 heterocycles. The van der Waals surface area contributed by atoms with Gasteiger partial charge in [-0.2, -0.15) is 0 Å². The Morgan fingerprint density at radius 1 is 1.29 bits per heavy atom. The van der Waals surface area contributed by atoms with E-state index in [1.165, 1.54) is 12.8 Å². The molecule has 1 aliphatic rings. The molecule has 1 amide bonds. The lowest BCUT2D eigenvalue weighted by molar-refractivity contribution is 0.177. The number of nitrogens with zero attached hydrogens (tertiary/aromatic N) is 3. The number of rotatable bonds is 8. The maximum Gasteiger partial charge on any atom is 0.420 e. The van der Waals surface area contributed by atoms with E-state index in [4.69, 9.17) is 0 Å². The predicted molar refractivity (Wildman–Crippen MR) is 118 cm³/mol. The first-order valence-corrected chi connectivity index (χ1v) is 12.4. The standard InChI is InChI=1S/C21H24N4O4S2/c1-3-4-17-23-18(20(30-17)31(27,28)24-21(26)29-2)15-7-5-14(6-8-15)13-25-12-11-22-19(25)16-9-10-16/h5-8,11-12,16H,3-4,9-10,13H2,1-2H3,(H,24,26). The summed E-state index contributed by atoms with van der Waals surface area (Å²) in [5, 5.41) is 0.708. The number of hydrogen-bond acceptors (Lipinski definition) is 7. The number of benzene rings is 1. The van der Waals surface area contributed by atoms with Gasteiger partial charge >= 0.3 is 6.09 Å². The van der Waals surface area contributed by atoms with E-state index in [1.54, 1.807) is 0 Å². The van der Waals surface area contributed by atoms with Crippen LogP contribution in [-0.2, 0) is 27.7 Å². The van der Waals surface area contributed by atoms with Gasteiger partial charge in [0, 0.05) is 30.4 Å². The van der Waals surface area contributed by atoms with Crippen molar-refractivity contribution in [3.8, 4) is 11.3 Å². The van der Waals surface area contributed by atoms with Crippen molar-refractivity contribution in [2.75, 3.05) is 7.11 Å². The zero-order chi connectivity index (χ0) is 22.0. The van der Waals surface area contributed by atoms with E-state index >= 15 is 0 Å². The van der Waals surface area contributed by atoms with E-state index in [0.717, 1.165) is 36.3 Å². The summed E-state index contributed by atoms with van der Waals surface area (Å²) in [5.74, 6) is 1.69. The number of aryl methyl sites for hydroxylation is 1. The largest absolute Gasteiger partial charge is 0.452 e. The van der Waals surface area contributed by atoms with Crippen molar-refractivity contribution < 1.29 is 17.9 Å². The lowest BCUT2D eigenvalue weighted by Crippen LogP contribution is -2.30. The lowest BCUT2D eigenvalue weighted by Gasteiger charge is -2.09. The van der Waals surface area contributed by atoms with E-state index in [0.29, 0.717) is 35.1 Å². The average Bonchev–Trinajstić information content (AvgIpc) is 3.33. The number of carbonyl (C=O) groups is 1. The second-order valence-electron chi connectivity index (χ2n) is 7.48. The van der Waals surface area contributed by atoms with Crippen molar-refractivity contribution in [3.05, 3.63) is 53.1 Å². The van der Waals surface area contributed by atoms with Gasteiger partial charge in [0.1, 0.15) is 11.5 Å². The Morgan fingerprint density at radius 2 is 2.03 bits per heavy atom. The summed E-state index contributed by atoms with van der Waals surface area (Å²) < 4.78 is 34.0. The molecule has 4 rings (SSSR count). The molecule has 0 radical (unpaired) electrons. The summed E-state index contributed by atoms with van der Waals surface area (Å²) in [6.45, 7) is 2.71. The third kappa shape index (κ3) is 4.80. The summed E-state index contributed by atoms with van der Waals surface area (Å²) in [6.07, 6.45) is 6.67. The maximum atomic E-state index is 12.7. The second kappa shape index (κ2) is 8.80. The molecule has 3 aromatic rings. The van der Waals surface area contributed by atoms with Crippen LogP contribution in [0.4, 0.5) is 4.79 Å². The molecule has 1 N–H and O–H groups in total. The van der Waals surface area contributed by atoms with Crippen molar-refractivity contribution in [1.29, 1.82) is 0 Å². The molecule has 31 heavy (non-hydrogen) atoms. The SMILES string of the molecule is CCCc1nc(-c2ccc(Cn3ccnc3C3CC3)cc2)c(S(=O)(=O)NC(=O)OC)s1. The predicted octanol–water partition coefficient (Wildman–Crippen LogP) is 3.93. The fourth-order valence-electron chi connectivity index (χ4n) is 3.35. The maximum absolute atomic E-state index is 12.7. The van der Waals surface area contributed by atoms with Crippen LogP contribution >= 0.6 is 11.3 Å². The van der Waals surface area contributed by atoms with Crippen molar-refractivity contribution in [2.45, 2.75) is 49.3 Å². The van der Waals surface area contributed by atoms with Gasteiger partial charge in [-0.1, -0.05) is 31.2 Å². The molecule has 8 nitrogen and oxygen atoms in total. The van der Waals surface area contributed by atoms with Crippen LogP contribution in [0.25, 0.3) is 11.3 Å². The molecule has 1 fully saturated rings. The summed E-state index contributed by atoms with van der Waals surface area (Å²) in [6, 6.07) is 7.67. The molecule has 0 atom stereocenters. The van der Waals surface area contributed by atoms with Crippen LogP contribution in [-0.4, -0.2) is 36.2 Å². The van der Waals surface area contributed by atoms with Crippen LogP contribution in [0.15, 0.2) is 40.9 Å². The topological polar surface area (TPSA) is 103 Å². The molecular formula is C21H24N4O4S2. The molecule has 1 aliphatic carbocycles. The number of aromatic nitrogens is 3. The Balaban J connectivity index is 1.62. The Bertz CT molecular complexity index is 1180. The molecule has 164 valence electrons. The molecular weight excluding hydrogens is 436 g/mol. The summed E-state index contributed by atoms with van der Waals surface area (Å²) in [7, 11) is -2.97. The van der Waals surface area contributed by atoms with E-state index in [-0.39, 0.29) is 4.21 Å². The highest BCUT2D eigenvalue weighted by Gasteiger charge is 2.28. The van der Waals surface area contributed by atoms with Gasteiger partial charge in [-0.25, -0.2) is 27.9 Å². The number of nitrogens with one attached hydrogen (secondary N) is 1. The first-order valence-electron chi connectivity index (χ1n) is 10.1. The fourth-order valence-corrected chi connectivity index (χ4v) is 5.94. The average molecular weight is 461 g/mol. The van der Waals surface area contributed by atoms with Gasteiger partial charge in [-0.15, -0.1) is 11.3 Å². The quantitative estimate of drug-likeness (QED) is 0.546. The summed E-state index contributed by atoms with van der Waals surface area (Å²) in [4.78, 5) is 20.5. The van der Waals surface area contributed by atoms with Crippen LogP contribution in [0.1, 0.15) is 48.5 Å². The van der Waals surface area contributed by atoms with Gasteiger partial charge in [-0.05, 0) is 31.2 Å². The summed E-state index contributed by atoms with van der Waals surface area (Å²) >= 11 is 1.08. The van der Waals surface area contributed by atoms with Gasteiger partial charge in [0.05, 0.1) is 12.1 Å². The number of methoxy groups -OCH3 is 1. The molecule has 0 spiro atoms. The second-order valence-corrected chi connectivity index (χ2v) is 10.4. The zero-order valence-electron chi connectivity index (χ0n) is 17.4. The number of ether oxygens (including phenoxy) is 1. The highest BCUT2D eigenvalue weighted by molar-refractivity contribution is 7.92. The molecule has 1 aromatic carbocycles. The van der Waals surface area contributed by atoms with E-state index in [2.05, 4.69) is 19.3 Å². The van der Waals surface area contributed by atoms with Gasteiger partial charge in [0.15, 0.2) is 4.21 Å². The Hall–Kier alpha value is -2.72. The van der Waals surface area contributed by atoms with Gasteiger partial charge in [-0.3, -0.25) is 0 Å². The van der Waals surface area contributed by atoms with Crippen molar-refractivity contribution >= 4 is 27.5 Å². The Morgan fingerprint density at radius 3 is 2.68 bits per heavy atom. The molecule has 1 saturated carbocycles. The van der Waals surface area contributed by atoms with Crippen LogP contribution in [0.5, 0.6) is 0 Å². The van der Waals surface area contributed by atoms with Crippen LogP contribution < -0.4 is 4.72 Å². The Kier molecular flexibility index (Phi) is 6.10. The highest BCUT2D eigenvalue weighted by atomic mass is 32.2. The number of thiazole rings is 1.